The number of nitrogens with one attached hydrogen (secondary N) is 1. The van der Waals surface area contributed by atoms with E-state index >= 15 is 0 Å². The van der Waals surface area contributed by atoms with Crippen molar-refractivity contribution < 1.29 is 9.59 Å². The Morgan fingerprint density at radius 2 is 1.95 bits per heavy atom. The molecule has 5 nitrogen and oxygen atoms in total. The second-order valence-corrected chi connectivity index (χ2v) is 6.25. The third-order valence-electron chi connectivity index (χ3n) is 3.55. The molecule has 3 amide bonds. The molecule has 21 heavy (non-hydrogen) atoms. The number of halogens is 1. The first-order valence-corrected chi connectivity index (χ1v) is 7.25. The molecular weight excluding hydrogens is 290 g/mol. The van der Waals surface area contributed by atoms with Gasteiger partial charge in [0.15, 0.2) is 0 Å². The van der Waals surface area contributed by atoms with E-state index in [2.05, 4.69) is 5.32 Å². The summed E-state index contributed by atoms with van der Waals surface area (Å²) in [6, 6.07) is 7.33. The highest BCUT2D eigenvalue weighted by atomic mass is 35.5. The first-order valence-electron chi connectivity index (χ1n) is 6.87. The lowest BCUT2D eigenvalue weighted by atomic mass is 10.1. The molecule has 1 fully saturated rings. The van der Waals surface area contributed by atoms with E-state index in [0.29, 0.717) is 19.6 Å². The Hall–Kier alpha value is -1.59. The molecule has 1 heterocycles. The van der Waals surface area contributed by atoms with E-state index in [1.54, 1.807) is 13.8 Å². The molecule has 0 bridgehead atoms. The Morgan fingerprint density at radius 3 is 2.52 bits per heavy atom. The lowest BCUT2D eigenvalue weighted by Gasteiger charge is -2.21. The summed E-state index contributed by atoms with van der Waals surface area (Å²) in [4.78, 5) is 27.1. The molecule has 0 atom stereocenters. The van der Waals surface area contributed by atoms with Gasteiger partial charge in [-0.2, -0.15) is 0 Å². The molecular formula is C15H20ClN3O2. The minimum atomic E-state index is -0.807. The number of hydrogen-bond acceptors (Lipinski definition) is 3. The van der Waals surface area contributed by atoms with Gasteiger partial charge < -0.3 is 10.2 Å². The van der Waals surface area contributed by atoms with Crippen LogP contribution in [0.4, 0.5) is 4.79 Å². The largest absolute Gasteiger partial charge is 0.325 e. The topological polar surface area (TPSA) is 52.6 Å². The standard InChI is InChI=1S/C15H20ClN3O2/c1-15(2)13(20)19(14(21)17-15)9-8-18(3)10-11-6-4-5-7-12(11)16/h4-7H,8-10H2,1-3H3,(H,17,21). The summed E-state index contributed by atoms with van der Waals surface area (Å²) in [5.41, 5.74) is 0.220. The van der Waals surface area contributed by atoms with Crippen LogP contribution in [0.2, 0.25) is 5.02 Å². The number of imide groups is 1. The normalized spacial score (nSPS) is 17.5. The van der Waals surface area contributed by atoms with Gasteiger partial charge >= 0.3 is 6.03 Å². The fraction of sp³-hybridized carbons (Fsp3) is 0.467. The van der Waals surface area contributed by atoms with E-state index in [0.717, 1.165) is 10.6 Å². The Morgan fingerprint density at radius 1 is 1.29 bits per heavy atom. The van der Waals surface area contributed by atoms with Crippen molar-refractivity contribution in [3.8, 4) is 0 Å². The maximum atomic E-state index is 12.1. The van der Waals surface area contributed by atoms with Crippen LogP contribution in [0.15, 0.2) is 24.3 Å². The van der Waals surface area contributed by atoms with Gasteiger partial charge in [-0.3, -0.25) is 9.69 Å². The van der Waals surface area contributed by atoms with Gasteiger partial charge in [0.25, 0.3) is 5.91 Å². The summed E-state index contributed by atoms with van der Waals surface area (Å²) < 4.78 is 0. The van der Waals surface area contributed by atoms with Crippen molar-refractivity contribution in [3.63, 3.8) is 0 Å². The molecule has 1 N–H and O–H groups in total. The van der Waals surface area contributed by atoms with Gasteiger partial charge in [0, 0.05) is 24.7 Å². The summed E-state index contributed by atoms with van der Waals surface area (Å²) in [6.45, 7) is 5.06. The van der Waals surface area contributed by atoms with Crippen LogP contribution >= 0.6 is 11.6 Å². The van der Waals surface area contributed by atoms with E-state index in [1.807, 2.05) is 36.2 Å². The lowest BCUT2D eigenvalue weighted by Crippen LogP contribution is -2.41. The molecule has 1 aliphatic rings. The molecule has 1 aliphatic heterocycles. The molecule has 1 aromatic carbocycles. The van der Waals surface area contributed by atoms with Crippen LogP contribution in [0.1, 0.15) is 19.4 Å². The zero-order valence-corrected chi connectivity index (χ0v) is 13.3. The van der Waals surface area contributed by atoms with Gasteiger partial charge in [-0.15, -0.1) is 0 Å². The van der Waals surface area contributed by atoms with Gasteiger partial charge in [0.05, 0.1) is 0 Å². The Bertz CT molecular complexity index is 560. The molecule has 6 heteroatoms. The Balaban J connectivity index is 1.90. The number of nitrogens with zero attached hydrogens (tertiary/aromatic N) is 2. The van der Waals surface area contributed by atoms with E-state index in [9.17, 15) is 9.59 Å². The molecule has 0 aliphatic carbocycles. The highest BCUT2D eigenvalue weighted by Crippen LogP contribution is 2.18. The van der Waals surface area contributed by atoms with Crippen LogP contribution in [0.25, 0.3) is 0 Å². The van der Waals surface area contributed by atoms with Crippen LogP contribution in [-0.4, -0.2) is 47.4 Å². The van der Waals surface area contributed by atoms with Crippen LogP contribution in [0.3, 0.4) is 0 Å². The predicted octanol–water partition coefficient (Wildman–Crippen LogP) is 2.10. The Kier molecular flexibility index (Phi) is 4.54. The number of rotatable bonds is 5. The van der Waals surface area contributed by atoms with Crippen molar-refractivity contribution in [1.29, 1.82) is 0 Å². The Labute approximate surface area is 129 Å². The fourth-order valence-electron chi connectivity index (χ4n) is 2.29. The van der Waals surface area contributed by atoms with Gasteiger partial charge in [0.1, 0.15) is 5.54 Å². The SMILES string of the molecule is CN(CCN1C(=O)NC(C)(C)C1=O)Cc1ccccc1Cl. The number of hydrogen-bond donors (Lipinski definition) is 1. The van der Waals surface area contributed by atoms with Crippen molar-refractivity contribution >= 4 is 23.5 Å². The first kappa shape index (κ1) is 15.8. The van der Waals surface area contributed by atoms with E-state index in [-0.39, 0.29) is 11.9 Å². The minimum Gasteiger partial charge on any atom is -0.324 e. The van der Waals surface area contributed by atoms with Crippen molar-refractivity contribution in [2.75, 3.05) is 20.1 Å². The van der Waals surface area contributed by atoms with Gasteiger partial charge in [-0.05, 0) is 32.5 Å². The zero-order valence-electron chi connectivity index (χ0n) is 12.5. The third kappa shape index (κ3) is 3.54. The number of likely N-dealkylation sites (N-methyl/N-ethyl adjacent to an activating group) is 1. The maximum absolute atomic E-state index is 12.1. The summed E-state index contributed by atoms with van der Waals surface area (Å²) in [6.07, 6.45) is 0. The maximum Gasteiger partial charge on any atom is 0.325 e. The molecule has 0 unspecified atom stereocenters. The summed E-state index contributed by atoms with van der Waals surface area (Å²) >= 11 is 6.12. The highest BCUT2D eigenvalue weighted by Gasteiger charge is 2.43. The molecule has 0 aromatic heterocycles. The zero-order chi connectivity index (χ0) is 15.6. The van der Waals surface area contributed by atoms with Crippen molar-refractivity contribution in [1.82, 2.24) is 15.1 Å². The number of carbonyl (C=O) groups excluding carboxylic acids is 2. The first-order chi connectivity index (χ1) is 9.81. The second kappa shape index (κ2) is 6.03. The van der Waals surface area contributed by atoms with Gasteiger partial charge in [-0.1, -0.05) is 29.8 Å². The van der Waals surface area contributed by atoms with Crippen molar-refractivity contribution in [3.05, 3.63) is 34.9 Å². The fourth-order valence-corrected chi connectivity index (χ4v) is 2.48. The summed E-state index contributed by atoms with van der Waals surface area (Å²) in [5.74, 6) is -0.182. The molecule has 1 saturated heterocycles. The number of carbonyl (C=O) groups is 2. The van der Waals surface area contributed by atoms with E-state index in [1.165, 1.54) is 4.90 Å². The highest BCUT2D eigenvalue weighted by molar-refractivity contribution is 6.31. The second-order valence-electron chi connectivity index (χ2n) is 5.84. The molecule has 0 spiro atoms. The number of urea groups is 1. The molecule has 114 valence electrons. The average Bonchev–Trinajstić information content (AvgIpc) is 2.59. The van der Waals surface area contributed by atoms with Crippen LogP contribution < -0.4 is 5.32 Å². The predicted molar refractivity (Wildman–Crippen MR) is 82.1 cm³/mol. The third-order valence-corrected chi connectivity index (χ3v) is 3.92. The number of amides is 3. The average molecular weight is 310 g/mol. The van der Waals surface area contributed by atoms with E-state index < -0.39 is 5.54 Å². The van der Waals surface area contributed by atoms with Crippen LogP contribution in [0.5, 0.6) is 0 Å². The monoisotopic (exact) mass is 309 g/mol. The molecule has 0 radical (unpaired) electrons. The molecule has 0 saturated carbocycles. The van der Waals surface area contributed by atoms with E-state index in [4.69, 9.17) is 11.6 Å². The summed E-state index contributed by atoms with van der Waals surface area (Å²) in [5, 5.41) is 3.40. The van der Waals surface area contributed by atoms with Gasteiger partial charge in [-0.25, -0.2) is 4.79 Å². The van der Waals surface area contributed by atoms with Crippen molar-refractivity contribution in [2.24, 2.45) is 0 Å². The van der Waals surface area contributed by atoms with Crippen LogP contribution in [0, 0.1) is 0 Å². The number of benzene rings is 1. The lowest BCUT2D eigenvalue weighted by molar-refractivity contribution is -0.130. The van der Waals surface area contributed by atoms with Crippen LogP contribution in [-0.2, 0) is 11.3 Å². The quantitative estimate of drug-likeness (QED) is 0.848. The van der Waals surface area contributed by atoms with Crippen molar-refractivity contribution in [2.45, 2.75) is 25.9 Å². The smallest absolute Gasteiger partial charge is 0.324 e. The summed E-state index contributed by atoms with van der Waals surface area (Å²) in [7, 11) is 1.94. The molecule has 2 rings (SSSR count). The molecule has 1 aromatic rings. The minimum absolute atomic E-state index is 0.182. The van der Waals surface area contributed by atoms with Gasteiger partial charge in [0.2, 0.25) is 0 Å².